The summed E-state index contributed by atoms with van der Waals surface area (Å²) >= 11 is 0. The first-order valence-electron chi connectivity index (χ1n) is 14.0. The lowest BCUT2D eigenvalue weighted by atomic mass is 9.90. The maximum atomic E-state index is 2.42. The van der Waals surface area contributed by atoms with Gasteiger partial charge in [0.25, 0.3) is 0 Å². The Hall–Kier alpha value is -0.260. The SMILES string of the molecule is CCCC/C=C/CCCCCC(CCC)CCCCCCCCCCCCCC. The first-order chi connectivity index (χ1) is 14.3. The molecule has 0 heteroatoms. The summed E-state index contributed by atoms with van der Waals surface area (Å²) in [6.45, 7) is 6.95. The van der Waals surface area contributed by atoms with Crippen LogP contribution in [0.2, 0.25) is 0 Å². The van der Waals surface area contributed by atoms with Gasteiger partial charge in [0.05, 0.1) is 0 Å². The smallest absolute Gasteiger partial charge is 0.0351 e. The Morgan fingerprint density at radius 1 is 0.379 bits per heavy atom. The predicted octanol–water partition coefficient (Wildman–Crippen LogP) is 11.2. The van der Waals surface area contributed by atoms with Crippen molar-refractivity contribution in [1.82, 2.24) is 0 Å². The van der Waals surface area contributed by atoms with Gasteiger partial charge in [-0.2, -0.15) is 0 Å². The third-order valence-electron chi connectivity index (χ3n) is 6.54. The minimum absolute atomic E-state index is 1.02. The van der Waals surface area contributed by atoms with Crippen LogP contribution >= 0.6 is 0 Å². The molecule has 0 bridgehead atoms. The number of unbranched alkanes of at least 4 members (excludes halogenated alkanes) is 16. The largest absolute Gasteiger partial charge is 0.0885 e. The minimum Gasteiger partial charge on any atom is -0.0885 e. The van der Waals surface area contributed by atoms with Crippen LogP contribution < -0.4 is 0 Å². The molecule has 0 N–H and O–H groups in total. The minimum atomic E-state index is 1.02. The summed E-state index contributed by atoms with van der Waals surface area (Å²) in [6.07, 6.45) is 37.9. The van der Waals surface area contributed by atoms with Crippen LogP contribution in [0.25, 0.3) is 0 Å². The molecule has 0 aromatic rings. The van der Waals surface area contributed by atoms with Crippen LogP contribution in [-0.4, -0.2) is 0 Å². The van der Waals surface area contributed by atoms with Crippen molar-refractivity contribution in [3.8, 4) is 0 Å². The van der Waals surface area contributed by atoms with E-state index in [2.05, 4.69) is 32.9 Å². The molecule has 0 saturated carbocycles. The van der Waals surface area contributed by atoms with Gasteiger partial charge >= 0.3 is 0 Å². The zero-order valence-electron chi connectivity index (χ0n) is 21.0. The fourth-order valence-corrected chi connectivity index (χ4v) is 4.54. The van der Waals surface area contributed by atoms with E-state index in [0.29, 0.717) is 0 Å². The first kappa shape index (κ1) is 28.7. The molecule has 0 aliphatic carbocycles. The zero-order chi connectivity index (χ0) is 21.3. The second-order valence-electron chi connectivity index (χ2n) is 9.58. The highest BCUT2D eigenvalue weighted by Gasteiger charge is 2.07. The maximum Gasteiger partial charge on any atom is -0.0351 e. The zero-order valence-corrected chi connectivity index (χ0v) is 21.0. The molecule has 0 rings (SSSR count). The summed E-state index contributed by atoms with van der Waals surface area (Å²) in [5.41, 5.74) is 0. The molecule has 0 nitrogen and oxygen atoms in total. The Bertz CT molecular complexity index is 303. The highest BCUT2D eigenvalue weighted by molar-refractivity contribution is 4.81. The number of hydrogen-bond acceptors (Lipinski definition) is 0. The van der Waals surface area contributed by atoms with Gasteiger partial charge < -0.3 is 0 Å². The van der Waals surface area contributed by atoms with Gasteiger partial charge in [-0.05, 0) is 25.2 Å². The third-order valence-corrected chi connectivity index (χ3v) is 6.54. The van der Waals surface area contributed by atoms with Gasteiger partial charge in [-0.15, -0.1) is 0 Å². The van der Waals surface area contributed by atoms with Crippen LogP contribution in [0.15, 0.2) is 12.2 Å². The van der Waals surface area contributed by atoms with Gasteiger partial charge in [-0.3, -0.25) is 0 Å². The molecule has 0 spiro atoms. The van der Waals surface area contributed by atoms with Crippen LogP contribution in [0.1, 0.15) is 168 Å². The molecule has 0 aromatic heterocycles. The molecule has 0 radical (unpaired) electrons. The first-order valence-corrected chi connectivity index (χ1v) is 14.0. The van der Waals surface area contributed by atoms with Crippen molar-refractivity contribution in [3.63, 3.8) is 0 Å². The normalized spacial score (nSPS) is 12.8. The van der Waals surface area contributed by atoms with Crippen LogP contribution in [0.3, 0.4) is 0 Å². The van der Waals surface area contributed by atoms with Crippen LogP contribution in [0, 0.1) is 5.92 Å². The topological polar surface area (TPSA) is 0 Å². The summed E-state index contributed by atoms with van der Waals surface area (Å²) < 4.78 is 0. The lowest BCUT2D eigenvalue weighted by Gasteiger charge is -2.16. The van der Waals surface area contributed by atoms with Crippen molar-refractivity contribution >= 4 is 0 Å². The Morgan fingerprint density at radius 2 is 0.793 bits per heavy atom. The van der Waals surface area contributed by atoms with E-state index in [1.54, 1.807) is 0 Å². The van der Waals surface area contributed by atoms with Gasteiger partial charge in [-0.25, -0.2) is 0 Å². The lowest BCUT2D eigenvalue weighted by molar-refractivity contribution is 0.378. The monoisotopic (exact) mass is 406 g/mol. The molecule has 0 aliphatic rings. The predicted molar refractivity (Wildman–Crippen MR) is 136 cm³/mol. The molecule has 0 amide bonds. The molecule has 174 valence electrons. The Labute approximate surface area is 186 Å². The van der Waals surface area contributed by atoms with E-state index in [1.165, 1.54) is 148 Å². The fraction of sp³-hybridized carbons (Fsp3) is 0.931. The lowest BCUT2D eigenvalue weighted by Crippen LogP contribution is -2.00. The van der Waals surface area contributed by atoms with Crippen LogP contribution in [-0.2, 0) is 0 Å². The molecule has 1 atom stereocenters. The third kappa shape index (κ3) is 23.9. The fourth-order valence-electron chi connectivity index (χ4n) is 4.54. The molecule has 0 saturated heterocycles. The Kier molecular flexibility index (Phi) is 25.5. The second kappa shape index (κ2) is 25.8. The highest BCUT2D eigenvalue weighted by atomic mass is 14.1. The maximum absolute atomic E-state index is 2.42. The van der Waals surface area contributed by atoms with E-state index >= 15 is 0 Å². The molecule has 0 aromatic carbocycles. The summed E-state index contributed by atoms with van der Waals surface area (Å²) in [5.74, 6) is 1.02. The Balaban J connectivity index is 3.44. The van der Waals surface area contributed by atoms with E-state index in [-0.39, 0.29) is 0 Å². The van der Waals surface area contributed by atoms with Crippen molar-refractivity contribution < 1.29 is 0 Å². The highest BCUT2D eigenvalue weighted by Crippen LogP contribution is 2.23. The standard InChI is InChI=1S/C29H58/c1-4-7-9-11-13-15-16-17-19-21-23-25-28-29(26-6-3)27-24-22-20-18-14-12-10-8-5-2/h12,14,29H,4-11,13,15-28H2,1-3H3/b14-12+. The molecular formula is C29H58. The summed E-state index contributed by atoms with van der Waals surface area (Å²) in [6, 6.07) is 0. The van der Waals surface area contributed by atoms with Gasteiger partial charge in [-0.1, -0.05) is 161 Å². The van der Waals surface area contributed by atoms with Crippen LogP contribution in [0.4, 0.5) is 0 Å². The second-order valence-corrected chi connectivity index (χ2v) is 9.58. The van der Waals surface area contributed by atoms with Crippen molar-refractivity contribution in [2.45, 2.75) is 168 Å². The Morgan fingerprint density at radius 3 is 1.28 bits per heavy atom. The van der Waals surface area contributed by atoms with Gasteiger partial charge in [0.15, 0.2) is 0 Å². The summed E-state index contributed by atoms with van der Waals surface area (Å²) in [5, 5.41) is 0. The number of rotatable bonds is 24. The van der Waals surface area contributed by atoms with E-state index in [9.17, 15) is 0 Å². The van der Waals surface area contributed by atoms with Gasteiger partial charge in [0.1, 0.15) is 0 Å². The average Bonchev–Trinajstić information content (AvgIpc) is 2.73. The molecule has 0 heterocycles. The van der Waals surface area contributed by atoms with Gasteiger partial charge in [0, 0.05) is 0 Å². The quantitative estimate of drug-likeness (QED) is 0.110. The summed E-state index contributed by atoms with van der Waals surface area (Å²) in [4.78, 5) is 0. The van der Waals surface area contributed by atoms with Crippen molar-refractivity contribution in [3.05, 3.63) is 12.2 Å². The van der Waals surface area contributed by atoms with E-state index < -0.39 is 0 Å². The number of allylic oxidation sites excluding steroid dienone is 2. The molecular weight excluding hydrogens is 348 g/mol. The van der Waals surface area contributed by atoms with E-state index in [1.807, 2.05) is 0 Å². The van der Waals surface area contributed by atoms with Crippen molar-refractivity contribution in [2.24, 2.45) is 5.92 Å². The van der Waals surface area contributed by atoms with Crippen molar-refractivity contribution in [1.29, 1.82) is 0 Å². The van der Waals surface area contributed by atoms with E-state index in [4.69, 9.17) is 0 Å². The van der Waals surface area contributed by atoms with Gasteiger partial charge in [0.2, 0.25) is 0 Å². The molecule has 0 fully saturated rings. The molecule has 0 aliphatic heterocycles. The molecule has 29 heavy (non-hydrogen) atoms. The van der Waals surface area contributed by atoms with E-state index in [0.717, 1.165) is 5.92 Å². The van der Waals surface area contributed by atoms with Crippen LogP contribution in [0.5, 0.6) is 0 Å². The molecule has 1 unspecified atom stereocenters. The average molecular weight is 407 g/mol. The number of hydrogen-bond donors (Lipinski definition) is 0. The summed E-state index contributed by atoms with van der Waals surface area (Å²) in [7, 11) is 0. The van der Waals surface area contributed by atoms with Crippen molar-refractivity contribution in [2.75, 3.05) is 0 Å².